The van der Waals surface area contributed by atoms with E-state index < -0.39 is 0 Å². The lowest BCUT2D eigenvalue weighted by molar-refractivity contribution is 0.0921. The van der Waals surface area contributed by atoms with E-state index in [-0.39, 0.29) is 16.8 Å². The molecule has 1 N–H and O–H groups in total. The van der Waals surface area contributed by atoms with E-state index >= 15 is 0 Å². The SMILES string of the molecule is C=C(C)COCCNC(=O)c1ccc(Cl)nn1. The first-order chi connectivity index (χ1) is 8.09. The van der Waals surface area contributed by atoms with Gasteiger partial charge in [-0.15, -0.1) is 10.2 Å². The van der Waals surface area contributed by atoms with Gasteiger partial charge in [0.1, 0.15) is 0 Å². The van der Waals surface area contributed by atoms with Crippen molar-refractivity contribution in [1.29, 1.82) is 0 Å². The standard InChI is InChI=1S/C11H14ClN3O2/c1-8(2)7-17-6-5-13-11(16)9-3-4-10(12)15-14-9/h3-4H,1,5-7H2,2H3,(H,13,16). The minimum absolute atomic E-state index is 0.231. The van der Waals surface area contributed by atoms with E-state index in [2.05, 4.69) is 22.1 Å². The summed E-state index contributed by atoms with van der Waals surface area (Å²) in [6, 6.07) is 3.03. The summed E-state index contributed by atoms with van der Waals surface area (Å²) < 4.78 is 5.23. The molecule has 0 bridgehead atoms. The fraction of sp³-hybridized carbons (Fsp3) is 0.364. The van der Waals surface area contributed by atoms with Crippen LogP contribution in [0, 0.1) is 0 Å². The van der Waals surface area contributed by atoms with Crippen LogP contribution in [0.25, 0.3) is 0 Å². The molecule has 0 atom stereocenters. The molecule has 1 rings (SSSR count). The van der Waals surface area contributed by atoms with Gasteiger partial charge in [0.2, 0.25) is 0 Å². The van der Waals surface area contributed by atoms with Crippen LogP contribution in [0.2, 0.25) is 5.15 Å². The van der Waals surface area contributed by atoms with Crippen molar-refractivity contribution in [2.24, 2.45) is 0 Å². The van der Waals surface area contributed by atoms with Gasteiger partial charge in [0.25, 0.3) is 5.91 Å². The van der Waals surface area contributed by atoms with Crippen LogP contribution >= 0.6 is 11.6 Å². The number of hydrogen-bond donors (Lipinski definition) is 1. The second-order valence-corrected chi connectivity index (χ2v) is 3.89. The third kappa shape index (κ3) is 5.42. The molecule has 1 aromatic heterocycles. The van der Waals surface area contributed by atoms with Gasteiger partial charge in [-0.05, 0) is 19.1 Å². The minimum Gasteiger partial charge on any atom is -0.375 e. The minimum atomic E-state index is -0.298. The number of hydrogen-bond acceptors (Lipinski definition) is 4. The lowest BCUT2D eigenvalue weighted by Gasteiger charge is -2.05. The Kier molecular flexibility index (Phi) is 5.59. The second kappa shape index (κ2) is 6.98. The Labute approximate surface area is 105 Å². The number of rotatable bonds is 6. The van der Waals surface area contributed by atoms with Gasteiger partial charge in [0.05, 0.1) is 13.2 Å². The van der Waals surface area contributed by atoms with Crippen molar-refractivity contribution in [2.75, 3.05) is 19.8 Å². The molecule has 0 saturated heterocycles. The summed E-state index contributed by atoms with van der Waals surface area (Å²) in [6.07, 6.45) is 0. The predicted octanol–water partition coefficient (Wildman–Crippen LogP) is 1.45. The molecule has 1 aromatic rings. The molecular weight excluding hydrogens is 242 g/mol. The van der Waals surface area contributed by atoms with E-state index in [4.69, 9.17) is 16.3 Å². The highest BCUT2D eigenvalue weighted by atomic mass is 35.5. The number of halogens is 1. The second-order valence-electron chi connectivity index (χ2n) is 3.51. The van der Waals surface area contributed by atoms with Crippen LogP contribution in [0.3, 0.4) is 0 Å². The summed E-state index contributed by atoms with van der Waals surface area (Å²) in [4.78, 5) is 11.5. The van der Waals surface area contributed by atoms with Gasteiger partial charge < -0.3 is 10.1 Å². The Balaban J connectivity index is 2.25. The number of carbonyl (C=O) groups excluding carboxylic acids is 1. The third-order valence-corrected chi connectivity index (χ3v) is 1.95. The van der Waals surface area contributed by atoms with Gasteiger partial charge >= 0.3 is 0 Å². The highest BCUT2D eigenvalue weighted by Gasteiger charge is 2.06. The van der Waals surface area contributed by atoms with E-state index in [1.54, 1.807) is 0 Å². The highest BCUT2D eigenvalue weighted by molar-refractivity contribution is 6.29. The van der Waals surface area contributed by atoms with E-state index in [0.29, 0.717) is 19.8 Å². The van der Waals surface area contributed by atoms with Gasteiger partial charge in [-0.1, -0.05) is 23.8 Å². The van der Waals surface area contributed by atoms with Crippen LogP contribution in [0.4, 0.5) is 0 Å². The summed E-state index contributed by atoms with van der Waals surface area (Å²) in [5.74, 6) is -0.298. The Hall–Kier alpha value is -1.46. The van der Waals surface area contributed by atoms with Gasteiger partial charge in [-0.3, -0.25) is 4.79 Å². The molecule has 0 saturated carbocycles. The van der Waals surface area contributed by atoms with Crippen molar-refractivity contribution in [3.63, 3.8) is 0 Å². The number of nitrogens with zero attached hydrogens (tertiary/aromatic N) is 2. The van der Waals surface area contributed by atoms with Crippen molar-refractivity contribution >= 4 is 17.5 Å². The summed E-state index contributed by atoms with van der Waals surface area (Å²) in [7, 11) is 0. The maximum absolute atomic E-state index is 11.5. The zero-order valence-electron chi connectivity index (χ0n) is 9.57. The average Bonchev–Trinajstić information content (AvgIpc) is 2.29. The Morgan fingerprint density at radius 1 is 1.53 bits per heavy atom. The Morgan fingerprint density at radius 2 is 2.29 bits per heavy atom. The van der Waals surface area contributed by atoms with E-state index in [0.717, 1.165) is 5.57 Å². The van der Waals surface area contributed by atoms with E-state index in [9.17, 15) is 4.79 Å². The van der Waals surface area contributed by atoms with Crippen LogP contribution in [-0.2, 0) is 4.74 Å². The summed E-state index contributed by atoms with van der Waals surface area (Å²) in [6.45, 7) is 6.92. The molecule has 5 nitrogen and oxygen atoms in total. The first-order valence-corrected chi connectivity index (χ1v) is 5.47. The number of amides is 1. The van der Waals surface area contributed by atoms with Gasteiger partial charge in [-0.2, -0.15) is 0 Å². The van der Waals surface area contributed by atoms with E-state index in [1.165, 1.54) is 12.1 Å². The summed E-state index contributed by atoms with van der Waals surface area (Å²) in [5.41, 5.74) is 1.18. The molecular formula is C11H14ClN3O2. The van der Waals surface area contributed by atoms with Crippen molar-refractivity contribution in [3.8, 4) is 0 Å². The normalized spacial score (nSPS) is 10.0. The molecule has 0 aromatic carbocycles. The fourth-order valence-corrected chi connectivity index (χ4v) is 1.11. The quantitative estimate of drug-likeness (QED) is 0.617. The third-order valence-electron chi connectivity index (χ3n) is 1.75. The molecule has 1 amide bonds. The number of ether oxygens (including phenoxy) is 1. The van der Waals surface area contributed by atoms with Crippen LogP contribution in [-0.4, -0.2) is 35.9 Å². The monoisotopic (exact) mass is 255 g/mol. The van der Waals surface area contributed by atoms with Crippen molar-refractivity contribution in [3.05, 3.63) is 35.1 Å². The summed E-state index contributed by atoms with van der Waals surface area (Å²) in [5, 5.41) is 10.1. The first kappa shape index (κ1) is 13.6. The zero-order chi connectivity index (χ0) is 12.7. The van der Waals surface area contributed by atoms with Gasteiger partial charge in [0, 0.05) is 6.54 Å². The molecule has 17 heavy (non-hydrogen) atoms. The molecule has 0 aliphatic heterocycles. The smallest absolute Gasteiger partial charge is 0.271 e. The zero-order valence-corrected chi connectivity index (χ0v) is 10.3. The molecule has 0 spiro atoms. The largest absolute Gasteiger partial charge is 0.375 e. The molecule has 0 unspecified atom stereocenters. The number of nitrogens with one attached hydrogen (secondary N) is 1. The maximum Gasteiger partial charge on any atom is 0.271 e. The van der Waals surface area contributed by atoms with Gasteiger partial charge in [-0.25, -0.2) is 0 Å². The lowest BCUT2D eigenvalue weighted by atomic mass is 10.3. The van der Waals surface area contributed by atoms with Crippen molar-refractivity contribution in [1.82, 2.24) is 15.5 Å². The summed E-state index contributed by atoms with van der Waals surface area (Å²) >= 11 is 5.56. The molecule has 0 radical (unpaired) electrons. The maximum atomic E-state index is 11.5. The molecule has 92 valence electrons. The average molecular weight is 256 g/mol. The lowest BCUT2D eigenvalue weighted by Crippen LogP contribution is -2.28. The van der Waals surface area contributed by atoms with Gasteiger partial charge in [0.15, 0.2) is 10.8 Å². The molecule has 6 heteroatoms. The highest BCUT2D eigenvalue weighted by Crippen LogP contribution is 2.01. The van der Waals surface area contributed by atoms with Crippen LogP contribution in [0.15, 0.2) is 24.3 Å². The molecule has 0 aliphatic carbocycles. The van der Waals surface area contributed by atoms with Crippen molar-refractivity contribution in [2.45, 2.75) is 6.92 Å². The Bertz CT molecular complexity index is 392. The molecule has 1 heterocycles. The van der Waals surface area contributed by atoms with Crippen LogP contribution in [0.1, 0.15) is 17.4 Å². The Morgan fingerprint density at radius 3 is 2.88 bits per heavy atom. The van der Waals surface area contributed by atoms with E-state index in [1.807, 2.05) is 6.92 Å². The molecule has 0 aliphatic rings. The predicted molar refractivity (Wildman–Crippen MR) is 65.0 cm³/mol. The van der Waals surface area contributed by atoms with Crippen LogP contribution in [0.5, 0.6) is 0 Å². The topological polar surface area (TPSA) is 64.1 Å². The number of aromatic nitrogens is 2. The fourth-order valence-electron chi connectivity index (χ4n) is 1.01. The van der Waals surface area contributed by atoms with Crippen molar-refractivity contribution < 1.29 is 9.53 Å². The number of carbonyl (C=O) groups is 1. The first-order valence-electron chi connectivity index (χ1n) is 5.09. The van der Waals surface area contributed by atoms with Crippen LogP contribution < -0.4 is 5.32 Å². The molecule has 0 fully saturated rings.